The molecular weight excluding hydrogens is 204 g/mol. The predicted octanol–water partition coefficient (Wildman–Crippen LogP) is 3.25. The van der Waals surface area contributed by atoms with E-state index >= 15 is 0 Å². The maximum absolute atomic E-state index is 4.44. The number of rotatable bonds is 6. The molecule has 1 atom stereocenters. The molecule has 0 aliphatic rings. The lowest BCUT2D eigenvalue weighted by atomic mass is 10.1. The fourth-order valence-corrected chi connectivity index (χ4v) is 2.41. The van der Waals surface area contributed by atoms with Gasteiger partial charge >= 0.3 is 0 Å². The first-order chi connectivity index (χ1) is 7.29. The van der Waals surface area contributed by atoms with Gasteiger partial charge in [0.25, 0.3) is 0 Å². The monoisotopic (exact) mass is 224 g/mol. The highest BCUT2D eigenvalue weighted by Gasteiger charge is 2.09. The average molecular weight is 224 g/mol. The minimum Gasteiger partial charge on any atom is -0.310 e. The molecular formula is C12H20N2S. The van der Waals surface area contributed by atoms with E-state index < -0.39 is 0 Å². The topological polar surface area (TPSA) is 24.9 Å². The molecule has 1 rings (SSSR count). The molecule has 15 heavy (non-hydrogen) atoms. The summed E-state index contributed by atoms with van der Waals surface area (Å²) >= 11 is 1.85. The highest BCUT2D eigenvalue weighted by molar-refractivity contribution is 7.99. The Morgan fingerprint density at radius 3 is 2.93 bits per heavy atom. The van der Waals surface area contributed by atoms with Crippen LogP contribution in [0.1, 0.15) is 38.8 Å². The quantitative estimate of drug-likeness (QED) is 0.751. The first-order valence-electron chi connectivity index (χ1n) is 5.60. The third-order valence-electron chi connectivity index (χ3n) is 2.22. The van der Waals surface area contributed by atoms with Crippen molar-refractivity contribution in [1.29, 1.82) is 0 Å². The molecule has 1 unspecified atom stereocenters. The first-order valence-corrected chi connectivity index (χ1v) is 6.59. The molecule has 0 bridgehead atoms. The van der Waals surface area contributed by atoms with Crippen molar-refractivity contribution in [2.45, 2.75) is 38.3 Å². The zero-order chi connectivity index (χ0) is 11.1. The smallest absolute Gasteiger partial charge is 0.101 e. The van der Waals surface area contributed by atoms with E-state index in [2.05, 4.69) is 37.1 Å². The summed E-state index contributed by atoms with van der Waals surface area (Å²) in [4.78, 5) is 4.44. The van der Waals surface area contributed by atoms with E-state index in [1.165, 1.54) is 17.0 Å². The fourth-order valence-electron chi connectivity index (χ4n) is 1.47. The Hall–Kier alpha value is -0.540. The molecule has 1 N–H and O–H groups in total. The van der Waals surface area contributed by atoms with Gasteiger partial charge in [0.15, 0.2) is 0 Å². The summed E-state index contributed by atoms with van der Waals surface area (Å²) in [6.45, 7) is 7.51. The largest absolute Gasteiger partial charge is 0.310 e. The van der Waals surface area contributed by atoms with Crippen molar-refractivity contribution in [1.82, 2.24) is 10.3 Å². The summed E-state index contributed by atoms with van der Waals surface area (Å²) in [5, 5.41) is 4.60. The zero-order valence-electron chi connectivity index (χ0n) is 9.79. The van der Waals surface area contributed by atoms with Gasteiger partial charge in [-0.15, -0.1) is 11.8 Å². The first kappa shape index (κ1) is 12.5. The molecule has 3 heteroatoms. The van der Waals surface area contributed by atoms with Crippen molar-refractivity contribution in [3.63, 3.8) is 0 Å². The second-order valence-corrected chi connectivity index (χ2v) is 4.61. The maximum atomic E-state index is 4.44. The van der Waals surface area contributed by atoms with Gasteiger partial charge < -0.3 is 5.32 Å². The minimum atomic E-state index is 0.392. The molecule has 0 fully saturated rings. The van der Waals surface area contributed by atoms with E-state index in [4.69, 9.17) is 0 Å². The molecule has 0 aromatic carbocycles. The van der Waals surface area contributed by atoms with Gasteiger partial charge in [-0.3, -0.25) is 0 Å². The number of nitrogens with one attached hydrogen (secondary N) is 1. The maximum Gasteiger partial charge on any atom is 0.101 e. The van der Waals surface area contributed by atoms with Crippen molar-refractivity contribution in [2.75, 3.05) is 12.3 Å². The van der Waals surface area contributed by atoms with Crippen molar-refractivity contribution in [3.05, 3.63) is 23.9 Å². The van der Waals surface area contributed by atoms with E-state index in [0.29, 0.717) is 6.04 Å². The van der Waals surface area contributed by atoms with E-state index in [0.717, 1.165) is 12.3 Å². The molecule has 2 nitrogen and oxygen atoms in total. The van der Waals surface area contributed by atoms with Gasteiger partial charge in [-0.1, -0.05) is 19.9 Å². The Morgan fingerprint density at radius 2 is 2.27 bits per heavy atom. The van der Waals surface area contributed by atoms with Crippen LogP contribution in [0.15, 0.2) is 23.4 Å². The summed E-state index contributed by atoms with van der Waals surface area (Å²) in [6, 6.07) is 4.57. The molecule has 0 saturated carbocycles. The van der Waals surface area contributed by atoms with Crippen LogP contribution in [0.5, 0.6) is 0 Å². The van der Waals surface area contributed by atoms with Crippen LogP contribution in [-0.4, -0.2) is 17.3 Å². The Kier molecular flexibility index (Phi) is 5.73. The number of thioether (sulfide) groups is 1. The summed E-state index contributed by atoms with van der Waals surface area (Å²) in [5.74, 6) is 1.14. The molecule has 1 heterocycles. The van der Waals surface area contributed by atoms with Crippen LogP contribution >= 0.6 is 11.8 Å². The molecule has 0 aliphatic carbocycles. The lowest BCUT2D eigenvalue weighted by Gasteiger charge is -2.15. The van der Waals surface area contributed by atoms with Gasteiger partial charge in [0, 0.05) is 17.8 Å². The van der Waals surface area contributed by atoms with Crippen molar-refractivity contribution in [2.24, 2.45) is 0 Å². The number of nitrogens with zero attached hydrogens (tertiary/aromatic N) is 1. The molecule has 0 radical (unpaired) electrons. The number of hydrogen-bond acceptors (Lipinski definition) is 3. The van der Waals surface area contributed by atoms with Gasteiger partial charge in [-0.2, -0.15) is 0 Å². The van der Waals surface area contributed by atoms with Crippen LogP contribution in [0.4, 0.5) is 0 Å². The minimum absolute atomic E-state index is 0.392. The molecule has 0 saturated heterocycles. The van der Waals surface area contributed by atoms with E-state index in [1.54, 1.807) is 0 Å². The van der Waals surface area contributed by atoms with Crippen molar-refractivity contribution >= 4 is 11.8 Å². The highest BCUT2D eigenvalue weighted by atomic mass is 32.2. The standard InChI is InChI=1S/C12H20N2S/c1-4-9-15-12-11(7-6-8-14-12)10(3)13-5-2/h6-8,10,13H,4-5,9H2,1-3H3. The third-order valence-corrected chi connectivity index (χ3v) is 3.45. The normalized spacial score (nSPS) is 12.7. The van der Waals surface area contributed by atoms with E-state index in [1.807, 2.05) is 24.0 Å². The highest BCUT2D eigenvalue weighted by Crippen LogP contribution is 2.25. The molecule has 0 amide bonds. The predicted molar refractivity (Wildman–Crippen MR) is 67.3 cm³/mol. The van der Waals surface area contributed by atoms with E-state index in [9.17, 15) is 0 Å². The van der Waals surface area contributed by atoms with Gasteiger partial charge in [-0.05, 0) is 31.7 Å². The summed E-state index contributed by atoms with van der Waals surface area (Å²) in [7, 11) is 0. The SMILES string of the molecule is CCCSc1ncccc1C(C)NCC. The fraction of sp³-hybridized carbons (Fsp3) is 0.583. The van der Waals surface area contributed by atoms with E-state index in [-0.39, 0.29) is 0 Å². The van der Waals surface area contributed by atoms with Crippen molar-refractivity contribution in [3.8, 4) is 0 Å². The summed E-state index contributed by atoms with van der Waals surface area (Å²) in [5.41, 5.74) is 1.32. The second-order valence-electron chi connectivity index (χ2n) is 3.53. The summed E-state index contributed by atoms with van der Waals surface area (Å²) in [6.07, 6.45) is 3.07. The van der Waals surface area contributed by atoms with Crippen LogP contribution < -0.4 is 5.32 Å². The van der Waals surface area contributed by atoms with Crippen LogP contribution in [0, 0.1) is 0 Å². The van der Waals surface area contributed by atoms with Gasteiger partial charge in [-0.25, -0.2) is 4.98 Å². The average Bonchev–Trinajstić information content (AvgIpc) is 2.27. The lowest BCUT2D eigenvalue weighted by molar-refractivity contribution is 0.585. The molecule has 1 aromatic heterocycles. The Morgan fingerprint density at radius 1 is 1.47 bits per heavy atom. The van der Waals surface area contributed by atoms with Crippen LogP contribution in [0.2, 0.25) is 0 Å². The third kappa shape index (κ3) is 3.84. The number of pyridine rings is 1. The molecule has 0 aliphatic heterocycles. The number of aromatic nitrogens is 1. The lowest BCUT2D eigenvalue weighted by Crippen LogP contribution is -2.18. The second kappa shape index (κ2) is 6.85. The zero-order valence-corrected chi connectivity index (χ0v) is 10.6. The Labute approximate surface area is 96.9 Å². The summed E-state index contributed by atoms with van der Waals surface area (Å²) < 4.78 is 0. The van der Waals surface area contributed by atoms with Crippen LogP contribution in [-0.2, 0) is 0 Å². The van der Waals surface area contributed by atoms with Gasteiger partial charge in [0.2, 0.25) is 0 Å². The Balaban J connectivity index is 2.75. The molecule has 0 spiro atoms. The van der Waals surface area contributed by atoms with Crippen LogP contribution in [0.3, 0.4) is 0 Å². The van der Waals surface area contributed by atoms with Gasteiger partial charge in [0.05, 0.1) is 0 Å². The number of hydrogen-bond donors (Lipinski definition) is 1. The Bertz CT molecular complexity index is 289. The molecule has 1 aromatic rings. The van der Waals surface area contributed by atoms with Gasteiger partial charge in [0.1, 0.15) is 5.03 Å². The van der Waals surface area contributed by atoms with Crippen molar-refractivity contribution < 1.29 is 0 Å². The van der Waals surface area contributed by atoms with Crippen LogP contribution in [0.25, 0.3) is 0 Å². The molecule has 84 valence electrons.